The van der Waals surface area contributed by atoms with Crippen molar-refractivity contribution in [2.24, 2.45) is 0 Å². The Kier molecular flexibility index (Phi) is 7.84. The van der Waals surface area contributed by atoms with E-state index < -0.39 is 32.9 Å². The van der Waals surface area contributed by atoms with E-state index in [1.165, 1.54) is 0 Å². The summed E-state index contributed by atoms with van der Waals surface area (Å²) in [5.74, 6) is -0.103. The molecule has 2 aromatic carbocycles. The summed E-state index contributed by atoms with van der Waals surface area (Å²) in [4.78, 5) is 1.94. The molecular formula is C15H13F5O3S2. The molecule has 0 radical (unpaired) electrons. The number of benzene rings is 2. The van der Waals surface area contributed by atoms with Gasteiger partial charge >= 0.3 is 5.51 Å². The van der Waals surface area contributed by atoms with E-state index >= 15 is 0 Å². The van der Waals surface area contributed by atoms with Gasteiger partial charge in [0.05, 0.1) is 10.9 Å². The molecule has 2 aromatic rings. The lowest BCUT2D eigenvalue weighted by atomic mass is 10.4. The molecule has 0 aliphatic heterocycles. The number of halogens is 5. The van der Waals surface area contributed by atoms with Gasteiger partial charge in [-0.1, -0.05) is 36.4 Å². The fourth-order valence-electron chi connectivity index (χ4n) is 1.62. The number of hydrogen-bond acceptors (Lipinski definition) is 3. The first-order valence-electron chi connectivity index (χ1n) is 6.63. The number of alkyl halides is 5. The Morgan fingerprint density at radius 2 is 1.20 bits per heavy atom. The van der Waals surface area contributed by atoms with Gasteiger partial charge < -0.3 is 4.55 Å². The highest BCUT2D eigenvalue weighted by molar-refractivity contribution is 7.97. The van der Waals surface area contributed by atoms with Crippen LogP contribution in [0.25, 0.3) is 0 Å². The SMILES string of the molecule is FC(F)C[S+](c1ccccc1)c1ccccc1.O=S(=O)([O-])C(F)(F)F. The molecule has 25 heavy (non-hydrogen) atoms. The Labute approximate surface area is 144 Å². The summed E-state index contributed by atoms with van der Waals surface area (Å²) in [6, 6.07) is 19.0. The zero-order chi connectivity index (χ0) is 19.1. The third-order valence-corrected chi connectivity index (χ3v) is 5.47. The quantitative estimate of drug-likeness (QED) is 0.337. The monoisotopic (exact) mass is 400 g/mol. The molecule has 0 amide bonds. The zero-order valence-corrected chi connectivity index (χ0v) is 14.1. The Morgan fingerprint density at radius 1 is 0.880 bits per heavy atom. The lowest BCUT2D eigenvalue weighted by Gasteiger charge is -2.08. The average Bonchev–Trinajstić information content (AvgIpc) is 2.53. The van der Waals surface area contributed by atoms with E-state index in [0.717, 1.165) is 9.79 Å². The molecule has 2 rings (SSSR count). The first-order chi connectivity index (χ1) is 11.5. The van der Waals surface area contributed by atoms with Gasteiger partial charge in [0.1, 0.15) is 0 Å². The molecule has 138 valence electrons. The molecule has 0 fully saturated rings. The number of rotatable bonds is 4. The van der Waals surface area contributed by atoms with Gasteiger partial charge in [-0.3, -0.25) is 0 Å². The zero-order valence-electron chi connectivity index (χ0n) is 12.5. The Hall–Kier alpha value is -1.65. The van der Waals surface area contributed by atoms with E-state index in [0.29, 0.717) is 0 Å². The minimum Gasteiger partial charge on any atom is -0.741 e. The van der Waals surface area contributed by atoms with Gasteiger partial charge in [-0.05, 0) is 24.3 Å². The van der Waals surface area contributed by atoms with Crippen molar-refractivity contribution in [2.45, 2.75) is 21.7 Å². The first-order valence-corrected chi connectivity index (χ1v) is 9.44. The van der Waals surface area contributed by atoms with E-state index in [-0.39, 0.29) is 5.75 Å². The van der Waals surface area contributed by atoms with E-state index in [2.05, 4.69) is 0 Å². The normalized spacial score (nSPS) is 12.0. The van der Waals surface area contributed by atoms with E-state index in [1.807, 2.05) is 60.7 Å². The smallest absolute Gasteiger partial charge is 0.485 e. The summed E-state index contributed by atoms with van der Waals surface area (Å²) in [7, 11) is -6.62. The van der Waals surface area contributed by atoms with Gasteiger partial charge in [0.2, 0.25) is 0 Å². The van der Waals surface area contributed by atoms with E-state index in [9.17, 15) is 22.0 Å². The van der Waals surface area contributed by atoms with Crippen molar-refractivity contribution in [1.29, 1.82) is 0 Å². The lowest BCUT2D eigenvalue weighted by molar-refractivity contribution is -0.0517. The minimum absolute atomic E-state index is 0.103. The Bertz CT molecular complexity index is 695. The largest absolute Gasteiger partial charge is 0.741 e. The summed E-state index contributed by atoms with van der Waals surface area (Å²) in [6.07, 6.45) is -2.28. The van der Waals surface area contributed by atoms with Crippen molar-refractivity contribution in [3.63, 3.8) is 0 Å². The minimum atomic E-state index is -6.09. The van der Waals surface area contributed by atoms with Gasteiger partial charge in [0, 0.05) is 0 Å². The Balaban J connectivity index is 0.000000333. The molecule has 0 saturated heterocycles. The Morgan fingerprint density at radius 3 is 1.44 bits per heavy atom. The fourth-order valence-corrected chi connectivity index (χ4v) is 3.50. The van der Waals surface area contributed by atoms with Crippen LogP contribution < -0.4 is 0 Å². The molecular weight excluding hydrogens is 387 g/mol. The van der Waals surface area contributed by atoms with Crippen LogP contribution >= 0.6 is 0 Å². The maximum Gasteiger partial charge on any atom is 0.485 e. The van der Waals surface area contributed by atoms with Gasteiger partial charge in [-0.25, -0.2) is 17.2 Å². The van der Waals surface area contributed by atoms with E-state index in [1.54, 1.807) is 0 Å². The summed E-state index contributed by atoms with van der Waals surface area (Å²) in [5.41, 5.74) is -5.65. The third-order valence-electron chi connectivity index (χ3n) is 2.63. The standard InChI is InChI=1S/C14H13F2S.CHF3O3S/c15-14(16)11-17(12-7-3-1-4-8-12)13-9-5-2-6-10-13;2-1(3,4)8(5,6)7/h1-10,14H,11H2;(H,5,6,7)/q+1;/p-1. The van der Waals surface area contributed by atoms with Crippen molar-refractivity contribution in [3.05, 3.63) is 60.7 Å². The molecule has 10 heteroatoms. The van der Waals surface area contributed by atoms with Crippen LogP contribution in [0.15, 0.2) is 70.5 Å². The molecule has 0 heterocycles. The average molecular weight is 400 g/mol. The van der Waals surface area contributed by atoms with Crippen molar-refractivity contribution in [2.75, 3.05) is 5.75 Å². The molecule has 0 bridgehead atoms. The number of hydrogen-bond donors (Lipinski definition) is 0. The van der Waals surface area contributed by atoms with Crippen molar-refractivity contribution in [3.8, 4) is 0 Å². The maximum absolute atomic E-state index is 12.7. The van der Waals surface area contributed by atoms with Gasteiger partial charge in [-0.2, -0.15) is 13.2 Å². The van der Waals surface area contributed by atoms with Crippen molar-refractivity contribution in [1.82, 2.24) is 0 Å². The second-order valence-corrected chi connectivity index (χ2v) is 7.90. The maximum atomic E-state index is 12.7. The lowest BCUT2D eigenvalue weighted by Crippen LogP contribution is -2.21. The van der Waals surface area contributed by atoms with E-state index in [4.69, 9.17) is 13.0 Å². The molecule has 0 unspecified atom stereocenters. The van der Waals surface area contributed by atoms with Crippen LogP contribution in [0.2, 0.25) is 0 Å². The van der Waals surface area contributed by atoms with Crippen LogP contribution in [0.5, 0.6) is 0 Å². The second-order valence-electron chi connectivity index (χ2n) is 4.47. The summed E-state index contributed by atoms with van der Waals surface area (Å²) >= 11 is 0. The molecule has 0 atom stereocenters. The van der Waals surface area contributed by atoms with Crippen LogP contribution in [-0.4, -0.2) is 30.7 Å². The highest BCUT2D eigenvalue weighted by Crippen LogP contribution is 2.25. The van der Waals surface area contributed by atoms with Gasteiger partial charge in [0.15, 0.2) is 25.7 Å². The molecule has 0 saturated carbocycles. The third kappa shape index (κ3) is 7.41. The molecule has 0 aliphatic carbocycles. The molecule has 3 nitrogen and oxygen atoms in total. The van der Waals surface area contributed by atoms with Crippen LogP contribution in [0.1, 0.15) is 0 Å². The predicted octanol–water partition coefficient (Wildman–Crippen LogP) is 4.04. The summed E-state index contributed by atoms with van der Waals surface area (Å²) < 4.78 is 84.2. The van der Waals surface area contributed by atoms with Crippen LogP contribution in [-0.2, 0) is 21.0 Å². The molecule has 0 aromatic heterocycles. The molecule has 0 N–H and O–H groups in total. The van der Waals surface area contributed by atoms with Crippen LogP contribution in [0.4, 0.5) is 22.0 Å². The van der Waals surface area contributed by atoms with Gasteiger partial charge in [-0.15, -0.1) is 0 Å². The predicted molar refractivity (Wildman–Crippen MR) is 83.4 cm³/mol. The van der Waals surface area contributed by atoms with Gasteiger partial charge in [0.25, 0.3) is 6.43 Å². The highest BCUT2D eigenvalue weighted by atomic mass is 32.2. The summed E-state index contributed by atoms with van der Waals surface area (Å²) in [6.45, 7) is 0. The summed E-state index contributed by atoms with van der Waals surface area (Å²) in [5, 5.41) is 0. The van der Waals surface area contributed by atoms with Crippen LogP contribution in [0.3, 0.4) is 0 Å². The fraction of sp³-hybridized carbons (Fsp3) is 0.200. The first kappa shape index (κ1) is 21.4. The van der Waals surface area contributed by atoms with Crippen LogP contribution in [0, 0.1) is 0 Å². The van der Waals surface area contributed by atoms with Crippen molar-refractivity contribution >= 4 is 21.0 Å². The molecule has 0 aliphatic rings. The molecule has 0 spiro atoms. The topological polar surface area (TPSA) is 57.2 Å². The highest BCUT2D eigenvalue weighted by Gasteiger charge is 2.36. The second kappa shape index (κ2) is 9.16. The van der Waals surface area contributed by atoms with Crippen molar-refractivity contribution < 1.29 is 34.9 Å².